The lowest BCUT2D eigenvalue weighted by Crippen LogP contribution is -2.23. The lowest BCUT2D eigenvalue weighted by atomic mass is 10.2. The van der Waals surface area contributed by atoms with E-state index in [-0.39, 0.29) is 31.4 Å². The van der Waals surface area contributed by atoms with E-state index in [0.29, 0.717) is 23.5 Å². The minimum Gasteiger partial charge on any atom is -0.348 e. The van der Waals surface area contributed by atoms with Crippen LogP contribution in [0.1, 0.15) is 31.2 Å². The molecule has 0 radical (unpaired) electrons. The molecule has 0 unspecified atom stereocenters. The zero-order valence-corrected chi connectivity index (χ0v) is 32.0. The van der Waals surface area contributed by atoms with Crippen LogP contribution in [0.15, 0.2) is 184 Å². The summed E-state index contributed by atoms with van der Waals surface area (Å²) in [6.45, 7) is 0.610. The van der Waals surface area contributed by atoms with Crippen LogP contribution in [0.2, 0.25) is 0 Å². The number of benzene rings is 4. The third-order valence-electron chi connectivity index (χ3n) is 8.66. The number of thiophene rings is 1. The molecule has 2 N–H and O–H groups in total. The van der Waals surface area contributed by atoms with Crippen molar-refractivity contribution in [2.75, 3.05) is 0 Å². The minimum absolute atomic E-state index is 0.177. The third-order valence-corrected chi connectivity index (χ3v) is 13.3. The molecule has 2 amide bonds. The van der Waals surface area contributed by atoms with E-state index in [0.717, 1.165) is 26.9 Å². The monoisotopic (exact) mass is 799 g/mol. The summed E-state index contributed by atoms with van der Waals surface area (Å²) in [5.41, 5.74) is 3.86. The SMILES string of the molecule is O=C(NCc1ccc(S(=O)(=O)c2ccccc2)cc1)c1cc2ncccc2s1.O=C(NCc1ccc(S(=O)(=O)c2ccccc2)cc1)c1ccc2cncn2c1. The Kier molecular flexibility index (Phi) is 11.1. The Morgan fingerprint density at radius 2 is 1.14 bits per heavy atom. The summed E-state index contributed by atoms with van der Waals surface area (Å²) in [7, 11) is -7.08. The Morgan fingerprint density at radius 3 is 1.70 bits per heavy atom. The molecule has 8 rings (SSSR count). The molecule has 4 aromatic heterocycles. The van der Waals surface area contributed by atoms with E-state index < -0.39 is 19.7 Å². The minimum atomic E-state index is -3.54. The number of sulfone groups is 2. The second-order valence-electron chi connectivity index (χ2n) is 12.4. The maximum atomic E-state index is 12.6. The van der Waals surface area contributed by atoms with Gasteiger partial charge in [-0.15, -0.1) is 11.3 Å². The first-order valence-corrected chi connectivity index (χ1v) is 21.0. The Morgan fingerprint density at radius 1 is 0.607 bits per heavy atom. The Balaban J connectivity index is 0.000000172. The van der Waals surface area contributed by atoms with Crippen LogP contribution >= 0.6 is 11.3 Å². The number of carbonyl (C=O) groups is 2. The van der Waals surface area contributed by atoms with Gasteiger partial charge in [0.1, 0.15) is 0 Å². The van der Waals surface area contributed by atoms with E-state index in [1.165, 1.54) is 11.3 Å². The van der Waals surface area contributed by atoms with Crippen molar-refractivity contribution in [1.82, 2.24) is 25.0 Å². The van der Waals surface area contributed by atoms with E-state index >= 15 is 0 Å². The first-order valence-electron chi connectivity index (χ1n) is 17.2. The molecule has 0 bridgehead atoms. The molecule has 4 heterocycles. The van der Waals surface area contributed by atoms with Crippen LogP contribution in [0.5, 0.6) is 0 Å². The summed E-state index contributed by atoms with van der Waals surface area (Å²) < 4.78 is 53.2. The fourth-order valence-corrected chi connectivity index (χ4v) is 9.13. The van der Waals surface area contributed by atoms with E-state index in [1.54, 1.807) is 151 Å². The molecule has 0 saturated heterocycles. The van der Waals surface area contributed by atoms with Crippen LogP contribution in [0.25, 0.3) is 15.7 Å². The van der Waals surface area contributed by atoms with Crippen molar-refractivity contribution in [3.8, 4) is 0 Å². The lowest BCUT2D eigenvalue weighted by molar-refractivity contribution is 0.0944. The van der Waals surface area contributed by atoms with Crippen LogP contribution in [0, 0.1) is 0 Å². The molecule has 280 valence electrons. The second-order valence-corrected chi connectivity index (χ2v) is 17.4. The molecular formula is C42H33N5O6S3. The maximum Gasteiger partial charge on any atom is 0.261 e. The number of hydrogen-bond acceptors (Lipinski definition) is 9. The molecule has 8 aromatic rings. The van der Waals surface area contributed by atoms with Gasteiger partial charge in [0, 0.05) is 25.5 Å². The summed E-state index contributed by atoms with van der Waals surface area (Å²) in [5.74, 6) is -0.388. The largest absolute Gasteiger partial charge is 0.348 e. The molecule has 11 nitrogen and oxygen atoms in total. The van der Waals surface area contributed by atoms with Gasteiger partial charge in [0.25, 0.3) is 11.8 Å². The molecule has 0 aliphatic heterocycles. The summed E-state index contributed by atoms with van der Waals surface area (Å²) in [6.07, 6.45) is 6.76. The number of hydrogen-bond donors (Lipinski definition) is 2. The molecule has 56 heavy (non-hydrogen) atoms. The third kappa shape index (κ3) is 8.57. The van der Waals surface area contributed by atoms with Gasteiger partial charge in [-0.25, -0.2) is 21.8 Å². The Labute approximate surface area is 327 Å². The summed E-state index contributed by atoms with van der Waals surface area (Å²) in [5, 5.41) is 5.70. The molecule has 0 fully saturated rings. The number of amides is 2. The van der Waals surface area contributed by atoms with Crippen molar-refractivity contribution in [1.29, 1.82) is 0 Å². The van der Waals surface area contributed by atoms with Crippen LogP contribution < -0.4 is 10.6 Å². The van der Waals surface area contributed by atoms with Crippen LogP contribution in [0.3, 0.4) is 0 Å². The molecule has 0 aliphatic rings. The average Bonchev–Trinajstić information content (AvgIpc) is 3.91. The number of nitrogens with zero attached hydrogens (tertiary/aromatic N) is 3. The van der Waals surface area contributed by atoms with E-state index in [2.05, 4.69) is 20.6 Å². The number of pyridine rings is 2. The Bertz CT molecular complexity index is 2700. The number of aromatic nitrogens is 3. The number of nitrogens with one attached hydrogen (secondary N) is 2. The fourth-order valence-electron chi connectivity index (χ4n) is 5.63. The number of rotatable bonds is 10. The molecule has 4 aromatic carbocycles. The molecular weight excluding hydrogens is 767 g/mol. The first kappa shape index (κ1) is 37.8. The van der Waals surface area contributed by atoms with Gasteiger partial charge in [-0.05, 0) is 90.0 Å². The molecule has 0 saturated carbocycles. The standard InChI is InChI=1S/C21H17N3O3S.C21H16N2O3S2/c25-21(17-8-9-18-13-22-15-24(18)14-17)23-12-16-6-10-20(11-7-16)28(26,27)19-4-2-1-3-5-19;24-21(20-13-18-19(27-20)7-4-12-22-18)23-14-15-8-10-17(11-9-15)28(25,26)16-5-2-1-3-6-16/h1-11,13-15H,12H2,(H,23,25);1-13H,14H2,(H,23,24). The first-order chi connectivity index (χ1) is 27.1. The maximum absolute atomic E-state index is 12.6. The number of carbonyl (C=O) groups excluding carboxylic acids is 2. The smallest absolute Gasteiger partial charge is 0.261 e. The van der Waals surface area contributed by atoms with Crippen molar-refractivity contribution in [3.05, 3.63) is 186 Å². The molecule has 0 aliphatic carbocycles. The van der Waals surface area contributed by atoms with Gasteiger partial charge in [0.2, 0.25) is 19.7 Å². The predicted molar refractivity (Wildman–Crippen MR) is 214 cm³/mol. The molecule has 0 spiro atoms. The topological polar surface area (TPSA) is 157 Å². The summed E-state index contributed by atoms with van der Waals surface area (Å²) in [6, 6.07) is 38.8. The van der Waals surface area contributed by atoms with Gasteiger partial charge >= 0.3 is 0 Å². The predicted octanol–water partition coefficient (Wildman–Crippen LogP) is 7.16. The van der Waals surface area contributed by atoms with E-state index in [9.17, 15) is 26.4 Å². The van der Waals surface area contributed by atoms with Gasteiger partial charge in [-0.3, -0.25) is 14.6 Å². The van der Waals surface area contributed by atoms with Crippen LogP contribution in [-0.2, 0) is 32.8 Å². The van der Waals surface area contributed by atoms with Gasteiger partial charge in [-0.2, -0.15) is 0 Å². The van der Waals surface area contributed by atoms with E-state index in [4.69, 9.17) is 0 Å². The second kappa shape index (κ2) is 16.5. The highest BCUT2D eigenvalue weighted by atomic mass is 32.2. The lowest BCUT2D eigenvalue weighted by Gasteiger charge is -2.08. The van der Waals surface area contributed by atoms with Crippen LogP contribution in [-0.4, -0.2) is 43.0 Å². The van der Waals surface area contributed by atoms with Gasteiger partial charge < -0.3 is 15.0 Å². The highest BCUT2D eigenvalue weighted by molar-refractivity contribution is 7.91. The molecule has 14 heteroatoms. The zero-order chi connectivity index (χ0) is 39.1. The normalized spacial score (nSPS) is 11.4. The van der Waals surface area contributed by atoms with Crippen LogP contribution in [0.4, 0.5) is 0 Å². The highest BCUT2D eigenvalue weighted by Crippen LogP contribution is 2.24. The number of fused-ring (bicyclic) bond motifs is 2. The summed E-state index contributed by atoms with van der Waals surface area (Å²) >= 11 is 1.39. The zero-order valence-electron chi connectivity index (χ0n) is 29.5. The highest BCUT2D eigenvalue weighted by Gasteiger charge is 2.18. The van der Waals surface area contributed by atoms with E-state index in [1.807, 2.05) is 18.2 Å². The van der Waals surface area contributed by atoms with Crippen molar-refractivity contribution >= 4 is 58.6 Å². The number of imidazole rings is 1. The van der Waals surface area contributed by atoms with Gasteiger partial charge in [-0.1, -0.05) is 60.7 Å². The summed E-state index contributed by atoms with van der Waals surface area (Å²) in [4.78, 5) is 34.5. The van der Waals surface area contributed by atoms with Gasteiger partial charge in [0.05, 0.1) is 58.3 Å². The van der Waals surface area contributed by atoms with Crippen molar-refractivity contribution < 1.29 is 26.4 Å². The Hall–Kier alpha value is -6.48. The van der Waals surface area contributed by atoms with Gasteiger partial charge in [0.15, 0.2) is 0 Å². The van der Waals surface area contributed by atoms with Crippen molar-refractivity contribution in [3.63, 3.8) is 0 Å². The molecule has 0 atom stereocenters. The average molecular weight is 800 g/mol. The van der Waals surface area contributed by atoms with Crippen molar-refractivity contribution in [2.24, 2.45) is 0 Å². The fraction of sp³-hybridized carbons (Fsp3) is 0.0476. The van der Waals surface area contributed by atoms with Crippen molar-refractivity contribution in [2.45, 2.75) is 32.7 Å². The quantitative estimate of drug-likeness (QED) is 0.148.